The average Bonchev–Trinajstić information content (AvgIpc) is 2.72. The number of amides is 1. The number of hydrogen-bond acceptors (Lipinski definition) is 4. The molecule has 1 amide bonds. The van der Waals surface area contributed by atoms with Gasteiger partial charge in [-0.05, 0) is 57.0 Å². The van der Waals surface area contributed by atoms with Crippen molar-refractivity contribution in [2.24, 2.45) is 5.41 Å². The first-order chi connectivity index (χ1) is 13.3. The van der Waals surface area contributed by atoms with E-state index >= 15 is 0 Å². The van der Waals surface area contributed by atoms with E-state index in [1.54, 1.807) is 7.11 Å². The zero-order valence-corrected chi connectivity index (χ0v) is 17.5. The molecule has 0 fully saturated rings. The van der Waals surface area contributed by atoms with Gasteiger partial charge in [0.2, 0.25) is 5.91 Å². The van der Waals surface area contributed by atoms with Crippen LogP contribution in [-0.2, 0) is 4.79 Å². The SMILES string of the molecule is CCC(C)(C(=O)NC(C)(C)CO)C(Nc1ccccc1)c1ccc(OC)cc1. The van der Waals surface area contributed by atoms with Gasteiger partial charge in [0.05, 0.1) is 30.7 Å². The third-order valence-corrected chi connectivity index (χ3v) is 5.27. The van der Waals surface area contributed by atoms with Gasteiger partial charge in [0.25, 0.3) is 0 Å². The second-order valence-corrected chi connectivity index (χ2v) is 7.98. The summed E-state index contributed by atoms with van der Waals surface area (Å²) in [7, 11) is 1.63. The first kappa shape index (κ1) is 21.8. The predicted molar refractivity (Wildman–Crippen MR) is 114 cm³/mol. The molecule has 0 heterocycles. The minimum atomic E-state index is -0.739. The Morgan fingerprint density at radius 3 is 2.18 bits per heavy atom. The fourth-order valence-electron chi connectivity index (χ4n) is 3.09. The fraction of sp³-hybridized carbons (Fsp3) is 0.435. The van der Waals surface area contributed by atoms with Crippen molar-refractivity contribution in [2.75, 3.05) is 19.0 Å². The molecule has 0 saturated carbocycles. The number of carbonyl (C=O) groups is 1. The normalized spacial score (nSPS) is 14.6. The molecule has 28 heavy (non-hydrogen) atoms. The molecule has 2 aromatic carbocycles. The lowest BCUT2D eigenvalue weighted by molar-refractivity contribution is -0.133. The quantitative estimate of drug-likeness (QED) is 0.607. The highest BCUT2D eigenvalue weighted by Gasteiger charge is 2.42. The van der Waals surface area contributed by atoms with Crippen molar-refractivity contribution in [3.05, 3.63) is 60.2 Å². The highest BCUT2D eigenvalue weighted by atomic mass is 16.5. The Labute approximate surface area is 168 Å². The van der Waals surface area contributed by atoms with E-state index in [1.165, 1.54) is 0 Å². The van der Waals surface area contributed by atoms with Gasteiger partial charge in [0.1, 0.15) is 5.75 Å². The van der Waals surface area contributed by atoms with Gasteiger partial charge in [-0.2, -0.15) is 0 Å². The second kappa shape index (κ2) is 9.11. The van der Waals surface area contributed by atoms with Crippen LogP contribution in [0, 0.1) is 5.41 Å². The Kier molecular flexibility index (Phi) is 7.08. The highest BCUT2D eigenvalue weighted by molar-refractivity contribution is 5.84. The number of methoxy groups -OCH3 is 1. The van der Waals surface area contributed by atoms with Crippen LogP contribution in [0.5, 0.6) is 5.75 Å². The maximum Gasteiger partial charge on any atom is 0.228 e. The van der Waals surface area contributed by atoms with E-state index in [-0.39, 0.29) is 18.6 Å². The van der Waals surface area contributed by atoms with Crippen molar-refractivity contribution in [3.8, 4) is 5.75 Å². The standard InChI is InChI=1S/C23H32N2O3/c1-6-23(4,21(27)25-22(2,3)16-26)20(24-18-10-8-7-9-11-18)17-12-14-19(28-5)15-13-17/h7-15,20,24,26H,6,16H2,1-5H3,(H,25,27). The Bertz CT molecular complexity index is 759. The van der Waals surface area contributed by atoms with Crippen molar-refractivity contribution in [2.45, 2.75) is 45.7 Å². The lowest BCUT2D eigenvalue weighted by Gasteiger charge is -2.39. The van der Waals surface area contributed by atoms with Gasteiger partial charge in [0.15, 0.2) is 0 Å². The van der Waals surface area contributed by atoms with Crippen molar-refractivity contribution < 1.29 is 14.6 Å². The maximum absolute atomic E-state index is 13.3. The van der Waals surface area contributed by atoms with E-state index < -0.39 is 11.0 Å². The van der Waals surface area contributed by atoms with Gasteiger partial charge in [-0.1, -0.05) is 37.3 Å². The second-order valence-electron chi connectivity index (χ2n) is 7.98. The highest BCUT2D eigenvalue weighted by Crippen LogP contribution is 2.40. The lowest BCUT2D eigenvalue weighted by atomic mass is 9.75. The number of aliphatic hydroxyl groups excluding tert-OH is 1. The molecule has 5 nitrogen and oxygen atoms in total. The minimum absolute atomic E-state index is 0.0988. The molecule has 0 aliphatic heterocycles. The van der Waals surface area contributed by atoms with Gasteiger partial charge >= 0.3 is 0 Å². The molecule has 0 radical (unpaired) electrons. The third kappa shape index (κ3) is 5.04. The van der Waals surface area contributed by atoms with Crippen LogP contribution in [0.4, 0.5) is 5.69 Å². The van der Waals surface area contributed by atoms with E-state index in [1.807, 2.05) is 82.3 Å². The van der Waals surface area contributed by atoms with Gasteiger partial charge in [-0.15, -0.1) is 0 Å². The summed E-state index contributed by atoms with van der Waals surface area (Å²) >= 11 is 0. The van der Waals surface area contributed by atoms with Crippen LogP contribution < -0.4 is 15.4 Å². The van der Waals surface area contributed by atoms with E-state index in [2.05, 4.69) is 10.6 Å². The summed E-state index contributed by atoms with van der Waals surface area (Å²) in [6, 6.07) is 17.4. The van der Waals surface area contributed by atoms with Crippen molar-refractivity contribution in [1.82, 2.24) is 5.32 Å². The lowest BCUT2D eigenvalue weighted by Crippen LogP contribution is -2.54. The summed E-state index contributed by atoms with van der Waals surface area (Å²) < 4.78 is 5.28. The summed E-state index contributed by atoms with van der Waals surface area (Å²) in [4.78, 5) is 13.3. The van der Waals surface area contributed by atoms with Crippen LogP contribution >= 0.6 is 0 Å². The van der Waals surface area contributed by atoms with Gasteiger partial charge in [0, 0.05) is 5.69 Å². The number of carbonyl (C=O) groups excluding carboxylic acids is 1. The molecule has 0 aliphatic carbocycles. The molecule has 0 spiro atoms. The van der Waals surface area contributed by atoms with Gasteiger partial charge in [-0.25, -0.2) is 0 Å². The molecular weight excluding hydrogens is 352 g/mol. The van der Waals surface area contributed by atoms with Crippen molar-refractivity contribution in [3.63, 3.8) is 0 Å². The summed E-state index contributed by atoms with van der Waals surface area (Å²) in [5.41, 5.74) is 0.505. The van der Waals surface area contributed by atoms with Crippen LogP contribution in [-0.4, -0.2) is 30.3 Å². The number of hydrogen-bond donors (Lipinski definition) is 3. The van der Waals surface area contributed by atoms with E-state index in [0.717, 1.165) is 17.0 Å². The Hall–Kier alpha value is -2.53. The Morgan fingerprint density at radius 1 is 1.07 bits per heavy atom. The molecule has 2 aromatic rings. The zero-order valence-electron chi connectivity index (χ0n) is 17.5. The number of aliphatic hydroxyl groups is 1. The molecule has 0 saturated heterocycles. The number of ether oxygens (including phenoxy) is 1. The van der Waals surface area contributed by atoms with E-state index in [4.69, 9.17) is 4.74 Å². The molecule has 0 bridgehead atoms. The minimum Gasteiger partial charge on any atom is -0.497 e. The molecular formula is C23H32N2O3. The molecule has 0 aromatic heterocycles. The predicted octanol–water partition coefficient (Wildman–Crippen LogP) is 4.15. The molecule has 152 valence electrons. The van der Waals surface area contributed by atoms with Crippen LogP contribution in [0.2, 0.25) is 0 Å². The van der Waals surface area contributed by atoms with Crippen LogP contribution in [0.1, 0.15) is 45.7 Å². The average molecular weight is 385 g/mol. The van der Waals surface area contributed by atoms with Crippen LogP contribution in [0.3, 0.4) is 0 Å². The largest absolute Gasteiger partial charge is 0.497 e. The van der Waals surface area contributed by atoms with Gasteiger partial charge in [-0.3, -0.25) is 4.79 Å². The number of anilines is 1. The number of para-hydroxylation sites is 1. The molecule has 2 unspecified atom stereocenters. The molecule has 2 atom stereocenters. The number of rotatable bonds is 9. The first-order valence-corrected chi connectivity index (χ1v) is 9.65. The smallest absolute Gasteiger partial charge is 0.228 e. The summed E-state index contributed by atoms with van der Waals surface area (Å²) in [5, 5.41) is 16.1. The van der Waals surface area contributed by atoms with Crippen LogP contribution in [0.15, 0.2) is 54.6 Å². The molecule has 2 rings (SSSR count). The fourth-order valence-corrected chi connectivity index (χ4v) is 3.09. The number of benzene rings is 2. The van der Waals surface area contributed by atoms with Crippen molar-refractivity contribution >= 4 is 11.6 Å². The monoisotopic (exact) mass is 384 g/mol. The Morgan fingerprint density at radius 2 is 1.68 bits per heavy atom. The number of nitrogens with one attached hydrogen (secondary N) is 2. The van der Waals surface area contributed by atoms with Crippen molar-refractivity contribution in [1.29, 1.82) is 0 Å². The molecule has 3 N–H and O–H groups in total. The summed E-state index contributed by atoms with van der Waals surface area (Å²) in [5.74, 6) is 0.671. The molecule has 0 aliphatic rings. The maximum atomic E-state index is 13.3. The first-order valence-electron chi connectivity index (χ1n) is 9.65. The third-order valence-electron chi connectivity index (χ3n) is 5.27. The van der Waals surface area contributed by atoms with Crippen LogP contribution in [0.25, 0.3) is 0 Å². The van der Waals surface area contributed by atoms with Gasteiger partial charge < -0.3 is 20.5 Å². The zero-order chi connectivity index (χ0) is 20.8. The summed E-state index contributed by atoms with van der Waals surface area (Å²) in [6.07, 6.45) is 0.622. The summed E-state index contributed by atoms with van der Waals surface area (Å²) in [6.45, 7) is 7.47. The molecule has 5 heteroatoms. The van der Waals surface area contributed by atoms with E-state index in [9.17, 15) is 9.90 Å². The van der Waals surface area contributed by atoms with E-state index in [0.29, 0.717) is 6.42 Å². The Balaban J connectivity index is 2.45. The topological polar surface area (TPSA) is 70.6 Å².